The Balaban J connectivity index is 1.44. The summed E-state index contributed by atoms with van der Waals surface area (Å²) >= 11 is 0. The van der Waals surface area contributed by atoms with Gasteiger partial charge in [0.15, 0.2) is 0 Å². The van der Waals surface area contributed by atoms with Crippen LogP contribution < -0.4 is 5.32 Å². The average Bonchev–Trinajstić information content (AvgIpc) is 3.35. The number of H-pyrrole nitrogens is 1. The standard InChI is InChI=1S/C17H18N6O2/c24-16(20-13-3-4-15-12(8-13)9-19-21-15)17(25)23-6-1-2-14(23)10-22-7-5-18-11-22/h3-5,7-9,11,14H,1-2,6,10H2,(H,19,21)(H,20,24). The lowest BCUT2D eigenvalue weighted by Gasteiger charge is -2.24. The van der Waals surface area contributed by atoms with E-state index in [2.05, 4.69) is 20.5 Å². The maximum Gasteiger partial charge on any atom is 0.313 e. The fourth-order valence-electron chi connectivity index (χ4n) is 3.27. The molecule has 2 amide bonds. The van der Waals surface area contributed by atoms with Gasteiger partial charge in [-0.3, -0.25) is 14.7 Å². The Morgan fingerprint density at radius 1 is 1.36 bits per heavy atom. The Morgan fingerprint density at radius 3 is 3.12 bits per heavy atom. The zero-order valence-electron chi connectivity index (χ0n) is 13.6. The van der Waals surface area contributed by atoms with Gasteiger partial charge in [-0.15, -0.1) is 0 Å². The van der Waals surface area contributed by atoms with Crippen LogP contribution in [0, 0.1) is 0 Å². The molecule has 1 aliphatic heterocycles. The van der Waals surface area contributed by atoms with Gasteiger partial charge in [0.1, 0.15) is 0 Å². The van der Waals surface area contributed by atoms with Crippen molar-refractivity contribution in [3.8, 4) is 0 Å². The van der Waals surface area contributed by atoms with Gasteiger partial charge in [-0.05, 0) is 31.0 Å². The number of aromatic amines is 1. The van der Waals surface area contributed by atoms with Gasteiger partial charge in [0, 0.05) is 36.6 Å². The quantitative estimate of drug-likeness (QED) is 0.705. The number of nitrogens with zero attached hydrogens (tertiary/aromatic N) is 4. The maximum absolute atomic E-state index is 12.6. The molecule has 1 aromatic carbocycles. The number of rotatable bonds is 3. The number of fused-ring (bicyclic) bond motifs is 1. The van der Waals surface area contributed by atoms with E-state index in [0.717, 1.165) is 23.7 Å². The van der Waals surface area contributed by atoms with Crippen molar-refractivity contribution in [3.05, 3.63) is 43.1 Å². The van der Waals surface area contributed by atoms with Gasteiger partial charge in [-0.1, -0.05) is 0 Å². The normalized spacial score (nSPS) is 17.1. The van der Waals surface area contributed by atoms with Crippen molar-refractivity contribution < 1.29 is 9.59 Å². The molecule has 2 N–H and O–H groups in total. The molecular weight excluding hydrogens is 320 g/mol. The molecule has 1 saturated heterocycles. The molecule has 1 fully saturated rings. The van der Waals surface area contributed by atoms with Crippen LogP contribution in [0.4, 0.5) is 5.69 Å². The molecule has 1 atom stereocenters. The summed E-state index contributed by atoms with van der Waals surface area (Å²) in [4.78, 5) is 30.6. The summed E-state index contributed by atoms with van der Waals surface area (Å²) in [6.07, 6.45) is 8.76. The van der Waals surface area contributed by atoms with Crippen molar-refractivity contribution in [1.29, 1.82) is 0 Å². The molecule has 3 heterocycles. The second kappa shape index (κ2) is 6.39. The molecule has 1 aliphatic rings. The minimum atomic E-state index is -0.611. The van der Waals surface area contributed by atoms with E-state index in [4.69, 9.17) is 0 Å². The van der Waals surface area contributed by atoms with Crippen LogP contribution in [0.15, 0.2) is 43.1 Å². The number of hydrogen-bond acceptors (Lipinski definition) is 4. The molecule has 8 nitrogen and oxygen atoms in total. The van der Waals surface area contributed by atoms with Crippen molar-refractivity contribution in [2.24, 2.45) is 0 Å². The van der Waals surface area contributed by atoms with E-state index in [1.165, 1.54) is 0 Å². The van der Waals surface area contributed by atoms with Crippen molar-refractivity contribution in [2.45, 2.75) is 25.4 Å². The molecule has 0 radical (unpaired) electrons. The fraction of sp³-hybridized carbons (Fsp3) is 0.294. The lowest BCUT2D eigenvalue weighted by molar-refractivity contribution is -0.143. The summed E-state index contributed by atoms with van der Waals surface area (Å²) in [5, 5.41) is 10.4. The number of aromatic nitrogens is 4. The monoisotopic (exact) mass is 338 g/mol. The number of hydrogen-bond donors (Lipinski definition) is 2. The summed E-state index contributed by atoms with van der Waals surface area (Å²) in [5.41, 5.74) is 1.46. The fourth-order valence-corrected chi connectivity index (χ4v) is 3.27. The second-order valence-electron chi connectivity index (χ2n) is 6.18. The van der Waals surface area contributed by atoms with Crippen LogP contribution in [0.5, 0.6) is 0 Å². The Hall–Kier alpha value is -3.16. The Kier molecular flexibility index (Phi) is 3.93. The lowest BCUT2D eigenvalue weighted by Crippen LogP contribution is -2.44. The molecule has 3 aromatic rings. The van der Waals surface area contributed by atoms with Crippen LogP contribution in [-0.2, 0) is 16.1 Å². The average molecular weight is 338 g/mol. The Labute approximate surface area is 143 Å². The van der Waals surface area contributed by atoms with Crippen LogP contribution in [0.1, 0.15) is 12.8 Å². The van der Waals surface area contributed by atoms with Gasteiger partial charge in [-0.25, -0.2) is 4.98 Å². The first-order valence-corrected chi connectivity index (χ1v) is 8.21. The largest absolute Gasteiger partial charge is 0.335 e. The molecule has 128 valence electrons. The van der Waals surface area contributed by atoms with Crippen LogP contribution >= 0.6 is 0 Å². The SMILES string of the molecule is O=C(Nc1ccc2[nH]ncc2c1)C(=O)N1CCCC1Cn1ccnc1. The molecule has 0 aliphatic carbocycles. The number of anilines is 1. The van der Waals surface area contributed by atoms with Gasteiger partial charge >= 0.3 is 11.8 Å². The third kappa shape index (κ3) is 3.10. The number of imidazole rings is 1. The van der Waals surface area contributed by atoms with Crippen molar-refractivity contribution >= 4 is 28.4 Å². The minimum Gasteiger partial charge on any atom is -0.335 e. The Morgan fingerprint density at radius 2 is 2.28 bits per heavy atom. The second-order valence-corrected chi connectivity index (χ2v) is 6.18. The number of carbonyl (C=O) groups is 2. The summed E-state index contributed by atoms with van der Waals surface area (Å²) in [5.74, 6) is -1.10. The van der Waals surface area contributed by atoms with Crippen LogP contribution in [0.3, 0.4) is 0 Å². The predicted octanol–water partition coefficient (Wildman–Crippen LogP) is 1.39. The molecular formula is C17H18N6O2. The van der Waals surface area contributed by atoms with Crippen LogP contribution in [0.2, 0.25) is 0 Å². The first-order valence-electron chi connectivity index (χ1n) is 8.21. The molecule has 0 spiro atoms. The Bertz CT molecular complexity index is 901. The number of carbonyl (C=O) groups excluding carboxylic acids is 2. The van der Waals surface area contributed by atoms with Crippen molar-refractivity contribution in [3.63, 3.8) is 0 Å². The molecule has 8 heteroatoms. The predicted molar refractivity (Wildman–Crippen MR) is 91.7 cm³/mol. The third-order valence-corrected chi connectivity index (χ3v) is 4.51. The molecule has 0 saturated carbocycles. The van der Waals surface area contributed by atoms with E-state index in [-0.39, 0.29) is 6.04 Å². The first-order chi connectivity index (χ1) is 12.2. The third-order valence-electron chi connectivity index (χ3n) is 4.51. The number of likely N-dealkylation sites (tertiary alicyclic amines) is 1. The highest BCUT2D eigenvalue weighted by atomic mass is 16.2. The van der Waals surface area contributed by atoms with E-state index in [0.29, 0.717) is 18.8 Å². The minimum absolute atomic E-state index is 0.0174. The van der Waals surface area contributed by atoms with E-state index in [1.54, 1.807) is 35.8 Å². The number of benzene rings is 1. The number of amides is 2. The summed E-state index contributed by atoms with van der Waals surface area (Å²) in [6.45, 7) is 1.26. The van der Waals surface area contributed by atoms with Gasteiger partial charge in [0.05, 0.1) is 24.1 Å². The molecule has 0 bridgehead atoms. The molecule has 2 aromatic heterocycles. The summed E-state index contributed by atoms with van der Waals surface area (Å²) in [6, 6.07) is 5.37. The van der Waals surface area contributed by atoms with E-state index in [1.807, 2.05) is 16.8 Å². The van der Waals surface area contributed by atoms with Crippen molar-refractivity contribution in [2.75, 3.05) is 11.9 Å². The van der Waals surface area contributed by atoms with E-state index >= 15 is 0 Å². The van der Waals surface area contributed by atoms with Gasteiger partial charge in [-0.2, -0.15) is 5.10 Å². The molecule has 1 unspecified atom stereocenters. The lowest BCUT2D eigenvalue weighted by atomic mass is 10.2. The van der Waals surface area contributed by atoms with Crippen LogP contribution in [0.25, 0.3) is 10.9 Å². The maximum atomic E-state index is 12.6. The van der Waals surface area contributed by atoms with Crippen molar-refractivity contribution in [1.82, 2.24) is 24.6 Å². The summed E-state index contributed by atoms with van der Waals surface area (Å²) in [7, 11) is 0. The molecule has 4 rings (SSSR count). The van der Waals surface area contributed by atoms with Gasteiger partial charge < -0.3 is 14.8 Å². The van der Waals surface area contributed by atoms with Crippen LogP contribution in [-0.4, -0.2) is 49.0 Å². The topological polar surface area (TPSA) is 95.9 Å². The van der Waals surface area contributed by atoms with Gasteiger partial charge in [0.2, 0.25) is 0 Å². The zero-order valence-corrected chi connectivity index (χ0v) is 13.6. The zero-order chi connectivity index (χ0) is 17.2. The molecule has 25 heavy (non-hydrogen) atoms. The highest BCUT2D eigenvalue weighted by Gasteiger charge is 2.32. The number of nitrogens with one attached hydrogen (secondary N) is 2. The summed E-state index contributed by atoms with van der Waals surface area (Å²) < 4.78 is 1.93. The van der Waals surface area contributed by atoms with Gasteiger partial charge in [0.25, 0.3) is 0 Å². The smallest absolute Gasteiger partial charge is 0.313 e. The highest BCUT2D eigenvalue weighted by molar-refractivity contribution is 6.39. The van der Waals surface area contributed by atoms with E-state index < -0.39 is 11.8 Å². The highest BCUT2D eigenvalue weighted by Crippen LogP contribution is 2.20. The first kappa shape index (κ1) is 15.4. The van der Waals surface area contributed by atoms with E-state index in [9.17, 15) is 9.59 Å².